The molecule has 3 rings (SSSR count). The number of nitrogens with one attached hydrogen (secondary N) is 1. The molecule has 1 aliphatic heterocycles. The number of nitro benzene ring substituents is 1. The molecule has 0 spiro atoms. The lowest BCUT2D eigenvalue weighted by molar-refractivity contribution is -0.386. The van der Waals surface area contributed by atoms with Crippen LogP contribution in [-0.2, 0) is 4.74 Å². The molecule has 0 aromatic heterocycles. The Bertz CT molecular complexity index is 794. The molecule has 0 bridgehead atoms. The normalized spacial score (nSPS) is 18.9. The SMILES string of the molecule is COc1ccc(OC[C@@H]2CN[C@@H](c3ccc(N(C)C)cc3)O2)c([N+](=O)[O-])c1. The number of anilines is 1. The highest BCUT2D eigenvalue weighted by molar-refractivity contribution is 5.51. The van der Waals surface area contributed by atoms with Crippen molar-refractivity contribution in [2.45, 2.75) is 12.3 Å². The first-order valence-electron chi connectivity index (χ1n) is 8.59. The fourth-order valence-electron chi connectivity index (χ4n) is 2.84. The van der Waals surface area contributed by atoms with E-state index >= 15 is 0 Å². The van der Waals surface area contributed by atoms with Crippen LogP contribution < -0.4 is 19.7 Å². The molecule has 1 fully saturated rings. The summed E-state index contributed by atoms with van der Waals surface area (Å²) in [7, 11) is 5.44. The Labute approximate surface area is 157 Å². The van der Waals surface area contributed by atoms with Gasteiger partial charge in [-0.1, -0.05) is 12.1 Å². The van der Waals surface area contributed by atoms with Crippen molar-refractivity contribution in [3.8, 4) is 11.5 Å². The van der Waals surface area contributed by atoms with Crippen LogP contribution in [0.25, 0.3) is 0 Å². The maximum Gasteiger partial charge on any atom is 0.314 e. The molecule has 144 valence electrons. The topological polar surface area (TPSA) is 86.1 Å². The van der Waals surface area contributed by atoms with Gasteiger partial charge in [-0.2, -0.15) is 0 Å². The highest BCUT2D eigenvalue weighted by Crippen LogP contribution is 2.32. The van der Waals surface area contributed by atoms with E-state index in [0.717, 1.165) is 11.3 Å². The van der Waals surface area contributed by atoms with Gasteiger partial charge in [-0.05, 0) is 29.8 Å². The molecule has 1 aliphatic rings. The summed E-state index contributed by atoms with van der Waals surface area (Å²) in [4.78, 5) is 12.8. The molecule has 27 heavy (non-hydrogen) atoms. The molecule has 1 saturated heterocycles. The maximum absolute atomic E-state index is 11.2. The largest absolute Gasteiger partial charge is 0.496 e. The Morgan fingerprint density at radius 3 is 2.63 bits per heavy atom. The molecule has 1 N–H and O–H groups in total. The number of nitro groups is 1. The van der Waals surface area contributed by atoms with E-state index in [1.165, 1.54) is 19.2 Å². The van der Waals surface area contributed by atoms with Crippen molar-refractivity contribution in [2.75, 3.05) is 39.3 Å². The zero-order chi connectivity index (χ0) is 19.4. The van der Waals surface area contributed by atoms with Crippen molar-refractivity contribution in [3.05, 3.63) is 58.1 Å². The minimum absolute atomic E-state index is 0.129. The first kappa shape index (κ1) is 18.9. The molecule has 0 unspecified atom stereocenters. The molecule has 8 heteroatoms. The molecule has 2 atom stereocenters. The van der Waals surface area contributed by atoms with E-state index in [1.54, 1.807) is 6.07 Å². The van der Waals surface area contributed by atoms with Crippen LogP contribution >= 0.6 is 0 Å². The van der Waals surface area contributed by atoms with Gasteiger partial charge in [0.15, 0.2) is 5.75 Å². The maximum atomic E-state index is 11.2. The monoisotopic (exact) mass is 373 g/mol. The molecular weight excluding hydrogens is 350 g/mol. The Morgan fingerprint density at radius 1 is 1.26 bits per heavy atom. The van der Waals surface area contributed by atoms with Gasteiger partial charge < -0.3 is 19.1 Å². The number of rotatable bonds is 7. The van der Waals surface area contributed by atoms with Gasteiger partial charge in [-0.25, -0.2) is 0 Å². The van der Waals surface area contributed by atoms with Gasteiger partial charge in [0.2, 0.25) is 0 Å². The number of nitrogens with zero attached hydrogens (tertiary/aromatic N) is 2. The van der Waals surface area contributed by atoms with E-state index in [2.05, 4.69) is 5.32 Å². The number of hydrogen-bond donors (Lipinski definition) is 1. The van der Waals surface area contributed by atoms with Gasteiger partial charge in [-0.15, -0.1) is 0 Å². The lowest BCUT2D eigenvalue weighted by atomic mass is 10.2. The first-order chi connectivity index (χ1) is 13.0. The van der Waals surface area contributed by atoms with Gasteiger partial charge in [-0.3, -0.25) is 15.4 Å². The summed E-state index contributed by atoms with van der Waals surface area (Å²) in [5.41, 5.74) is 2.01. The van der Waals surface area contributed by atoms with E-state index in [4.69, 9.17) is 14.2 Å². The molecule has 0 amide bonds. The summed E-state index contributed by atoms with van der Waals surface area (Å²) in [5.74, 6) is 0.609. The summed E-state index contributed by atoms with van der Waals surface area (Å²) in [6.45, 7) is 0.816. The number of benzene rings is 2. The fourth-order valence-corrected chi connectivity index (χ4v) is 2.84. The van der Waals surface area contributed by atoms with Gasteiger partial charge >= 0.3 is 5.69 Å². The zero-order valence-corrected chi connectivity index (χ0v) is 15.5. The van der Waals surface area contributed by atoms with Gasteiger partial charge in [0.05, 0.1) is 18.1 Å². The van der Waals surface area contributed by atoms with Crippen LogP contribution in [0.15, 0.2) is 42.5 Å². The zero-order valence-electron chi connectivity index (χ0n) is 15.5. The second kappa shape index (κ2) is 8.24. The van der Waals surface area contributed by atoms with Crippen LogP contribution in [0.2, 0.25) is 0 Å². The average molecular weight is 373 g/mol. The van der Waals surface area contributed by atoms with Crippen LogP contribution in [0.3, 0.4) is 0 Å². The third-order valence-corrected chi connectivity index (χ3v) is 4.36. The van der Waals surface area contributed by atoms with Crippen LogP contribution in [-0.4, -0.2) is 45.4 Å². The Kier molecular flexibility index (Phi) is 5.78. The van der Waals surface area contributed by atoms with Crippen LogP contribution in [0.5, 0.6) is 11.5 Å². The summed E-state index contributed by atoms with van der Waals surface area (Å²) < 4.78 is 16.6. The van der Waals surface area contributed by atoms with E-state index in [-0.39, 0.29) is 30.4 Å². The summed E-state index contributed by atoms with van der Waals surface area (Å²) in [6.07, 6.45) is -0.425. The molecule has 0 saturated carbocycles. The molecule has 1 heterocycles. The van der Waals surface area contributed by atoms with Crippen LogP contribution in [0.4, 0.5) is 11.4 Å². The Hall–Kier alpha value is -2.84. The lowest BCUT2D eigenvalue weighted by Crippen LogP contribution is -2.22. The molecule has 2 aromatic carbocycles. The Balaban J connectivity index is 1.60. The standard InChI is InChI=1S/C19H23N3O5/c1-21(2)14-6-4-13(5-7-14)19-20-11-16(27-19)12-26-18-9-8-15(25-3)10-17(18)22(23)24/h4-10,16,19-20H,11-12H2,1-3H3/t16-,19+/m0/s1. The first-order valence-corrected chi connectivity index (χ1v) is 8.59. The number of hydrogen-bond acceptors (Lipinski definition) is 7. The highest BCUT2D eigenvalue weighted by Gasteiger charge is 2.27. The molecule has 0 radical (unpaired) electrons. The second-order valence-corrected chi connectivity index (χ2v) is 6.43. The molecule has 0 aliphatic carbocycles. The fraction of sp³-hybridized carbons (Fsp3) is 0.368. The number of methoxy groups -OCH3 is 1. The van der Waals surface area contributed by atoms with Crippen molar-refractivity contribution >= 4 is 11.4 Å². The highest BCUT2D eigenvalue weighted by atomic mass is 16.6. The lowest BCUT2D eigenvalue weighted by Gasteiger charge is -2.16. The summed E-state index contributed by atoms with van der Waals surface area (Å²) in [6, 6.07) is 12.6. The second-order valence-electron chi connectivity index (χ2n) is 6.43. The molecular formula is C19H23N3O5. The van der Waals surface area contributed by atoms with Crippen molar-refractivity contribution in [2.24, 2.45) is 0 Å². The van der Waals surface area contributed by atoms with E-state index in [1.807, 2.05) is 43.3 Å². The van der Waals surface area contributed by atoms with Crippen molar-refractivity contribution in [1.82, 2.24) is 5.32 Å². The summed E-state index contributed by atoms with van der Waals surface area (Å²) in [5, 5.41) is 14.5. The predicted octanol–water partition coefficient (Wildman–Crippen LogP) is 2.74. The third kappa shape index (κ3) is 4.47. The predicted molar refractivity (Wildman–Crippen MR) is 102 cm³/mol. The summed E-state index contributed by atoms with van der Waals surface area (Å²) >= 11 is 0. The minimum Gasteiger partial charge on any atom is -0.496 e. The van der Waals surface area contributed by atoms with Crippen molar-refractivity contribution < 1.29 is 19.1 Å². The Morgan fingerprint density at radius 2 is 2.00 bits per heavy atom. The minimum atomic E-state index is -0.485. The van der Waals surface area contributed by atoms with Crippen molar-refractivity contribution in [1.29, 1.82) is 0 Å². The van der Waals surface area contributed by atoms with E-state index in [9.17, 15) is 10.1 Å². The molecule has 8 nitrogen and oxygen atoms in total. The van der Waals surface area contributed by atoms with Gasteiger partial charge in [0.25, 0.3) is 0 Å². The van der Waals surface area contributed by atoms with Crippen molar-refractivity contribution in [3.63, 3.8) is 0 Å². The average Bonchev–Trinajstić information content (AvgIpc) is 3.15. The van der Waals surface area contributed by atoms with Crippen LogP contribution in [0, 0.1) is 10.1 Å². The van der Waals surface area contributed by atoms with E-state index in [0.29, 0.717) is 12.3 Å². The third-order valence-electron chi connectivity index (χ3n) is 4.36. The smallest absolute Gasteiger partial charge is 0.314 e. The van der Waals surface area contributed by atoms with Gasteiger partial charge in [0.1, 0.15) is 24.7 Å². The quantitative estimate of drug-likeness (QED) is 0.590. The van der Waals surface area contributed by atoms with Gasteiger partial charge in [0, 0.05) is 26.3 Å². The number of ether oxygens (including phenoxy) is 3. The molecule has 2 aromatic rings. The van der Waals surface area contributed by atoms with E-state index < -0.39 is 4.92 Å². The van der Waals surface area contributed by atoms with Crippen LogP contribution in [0.1, 0.15) is 11.8 Å².